The molecule has 0 amide bonds. The lowest BCUT2D eigenvalue weighted by Gasteiger charge is -1.93. The van der Waals surface area contributed by atoms with Crippen LogP contribution in [0.15, 0.2) is 48.6 Å². The first kappa shape index (κ1) is 20.4. The minimum atomic E-state index is -0.708. The average molecular weight is 304 g/mol. The summed E-state index contributed by atoms with van der Waals surface area (Å²) in [5.74, 6) is -0.708. The van der Waals surface area contributed by atoms with Crippen molar-refractivity contribution in [3.63, 3.8) is 0 Å². The van der Waals surface area contributed by atoms with Gasteiger partial charge >= 0.3 is 5.97 Å². The highest BCUT2D eigenvalue weighted by molar-refractivity contribution is 5.66. The highest BCUT2D eigenvalue weighted by atomic mass is 16.4. The Morgan fingerprint density at radius 3 is 1.64 bits per heavy atom. The molecule has 0 fully saturated rings. The smallest absolute Gasteiger partial charge is 0.303 e. The lowest BCUT2D eigenvalue weighted by Crippen LogP contribution is -1.92. The molecule has 0 aliphatic heterocycles. The van der Waals surface area contributed by atoms with Crippen LogP contribution in [0.3, 0.4) is 0 Å². The van der Waals surface area contributed by atoms with Gasteiger partial charge in [-0.25, -0.2) is 0 Å². The Labute approximate surface area is 136 Å². The molecule has 124 valence electrons. The zero-order valence-corrected chi connectivity index (χ0v) is 14.0. The molecule has 0 aliphatic rings. The summed E-state index contributed by atoms with van der Waals surface area (Å²) in [7, 11) is 0. The third kappa shape index (κ3) is 18.4. The fourth-order valence-electron chi connectivity index (χ4n) is 1.96. The molecular formula is C20H32O2. The molecule has 0 saturated carbocycles. The van der Waals surface area contributed by atoms with Crippen molar-refractivity contribution in [2.45, 2.75) is 71.1 Å². The van der Waals surface area contributed by atoms with E-state index in [0.29, 0.717) is 0 Å². The van der Waals surface area contributed by atoms with E-state index in [-0.39, 0.29) is 6.42 Å². The van der Waals surface area contributed by atoms with E-state index in [9.17, 15) is 4.79 Å². The molecule has 0 saturated heterocycles. The first-order chi connectivity index (χ1) is 10.8. The molecule has 1 N–H and O–H groups in total. The SMILES string of the molecule is CC/C=C\C/C=C\CCCC/C=C\C/C=C\CCCC(=O)O. The molecule has 0 aliphatic carbocycles. The highest BCUT2D eigenvalue weighted by Gasteiger charge is 1.92. The van der Waals surface area contributed by atoms with Gasteiger partial charge < -0.3 is 5.11 Å². The van der Waals surface area contributed by atoms with Gasteiger partial charge in [0.05, 0.1) is 0 Å². The lowest BCUT2D eigenvalue weighted by atomic mass is 10.1. The van der Waals surface area contributed by atoms with Crippen LogP contribution < -0.4 is 0 Å². The van der Waals surface area contributed by atoms with Gasteiger partial charge in [0.25, 0.3) is 0 Å². The van der Waals surface area contributed by atoms with Crippen molar-refractivity contribution in [3.8, 4) is 0 Å². The quantitative estimate of drug-likeness (QED) is 0.305. The van der Waals surface area contributed by atoms with Crippen molar-refractivity contribution in [1.29, 1.82) is 0 Å². The van der Waals surface area contributed by atoms with E-state index in [1.165, 1.54) is 19.3 Å². The van der Waals surface area contributed by atoms with Crippen molar-refractivity contribution in [1.82, 2.24) is 0 Å². The van der Waals surface area contributed by atoms with Crippen molar-refractivity contribution in [2.75, 3.05) is 0 Å². The zero-order chi connectivity index (χ0) is 16.3. The normalized spacial score (nSPS) is 12.4. The Morgan fingerprint density at radius 1 is 0.727 bits per heavy atom. The molecule has 2 heteroatoms. The van der Waals surface area contributed by atoms with E-state index in [1.807, 2.05) is 0 Å². The fourth-order valence-corrected chi connectivity index (χ4v) is 1.96. The van der Waals surface area contributed by atoms with Crippen LogP contribution in [0.4, 0.5) is 0 Å². The molecule has 0 aromatic heterocycles. The zero-order valence-electron chi connectivity index (χ0n) is 14.0. The van der Waals surface area contributed by atoms with Gasteiger partial charge in [-0.3, -0.25) is 4.79 Å². The first-order valence-electron chi connectivity index (χ1n) is 8.59. The van der Waals surface area contributed by atoms with E-state index in [0.717, 1.165) is 38.5 Å². The van der Waals surface area contributed by atoms with Gasteiger partial charge in [-0.15, -0.1) is 0 Å². The van der Waals surface area contributed by atoms with E-state index in [1.54, 1.807) is 0 Å². The topological polar surface area (TPSA) is 37.3 Å². The summed E-state index contributed by atoms with van der Waals surface area (Å²) in [6.07, 6.45) is 27.4. The summed E-state index contributed by atoms with van der Waals surface area (Å²) in [5, 5.41) is 8.50. The Hall–Kier alpha value is -1.57. The number of rotatable bonds is 14. The molecular weight excluding hydrogens is 272 g/mol. The van der Waals surface area contributed by atoms with Crippen molar-refractivity contribution < 1.29 is 9.90 Å². The molecule has 0 atom stereocenters. The number of unbranched alkanes of at least 4 members (excludes halogenated alkanes) is 4. The van der Waals surface area contributed by atoms with Crippen molar-refractivity contribution in [2.24, 2.45) is 0 Å². The molecule has 2 nitrogen and oxygen atoms in total. The van der Waals surface area contributed by atoms with E-state index >= 15 is 0 Å². The predicted octanol–water partition coefficient (Wildman–Crippen LogP) is 6.22. The molecule has 0 spiro atoms. The lowest BCUT2D eigenvalue weighted by molar-refractivity contribution is -0.137. The van der Waals surface area contributed by atoms with E-state index < -0.39 is 5.97 Å². The number of hydrogen-bond acceptors (Lipinski definition) is 1. The fraction of sp³-hybridized carbons (Fsp3) is 0.550. The van der Waals surface area contributed by atoms with Gasteiger partial charge in [0.15, 0.2) is 0 Å². The number of carbonyl (C=O) groups is 1. The van der Waals surface area contributed by atoms with Gasteiger partial charge in [0, 0.05) is 6.42 Å². The van der Waals surface area contributed by atoms with Crippen molar-refractivity contribution in [3.05, 3.63) is 48.6 Å². The minimum Gasteiger partial charge on any atom is -0.481 e. The average Bonchev–Trinajstić information content (AvgIpc) is 2.50. The number of allylic oxidation sites excluding steroid dienone is 8. The number of hydrogen-bond donors (Lipinski definition) is 1. The Morgan fingerprint density at radius 2 is 1.18 bits per heavy atom. The maximum Gasteiger partial charge on any atom is 0.303 e. The Kier molecular flexibility index (Phi) is 16.2. The number of carboxylic acids is 1. The summed E-state index contributed by atoms with van der Waals surface area (Å²) < 4.78 is 0. The second kappa shape index (κ2) is 17.5. The molecule has 0 rings (SSSR count). The van der Waals surface area contributed by atoms with Crippen LogP contribution >= 0.6 is 0 Å². The number of aliphatic carboxylic acids is 1. The number of carboxylic acid groups (broad SMARTS) is 1. The second-order valence-corrected chi connectivity index (χ2v) is 5.34. The highest BCUT2D eigenvalue weighted by Crippen LogP contribution is 2.03. The van der Waals surface area contributed by atoms with Gasteiger partial charge in [-0.05, 0) is 57.8 Å². The minimum absolute atomic E-state index is 0.267. The first-order valence-corrected chi connectivity index (χ1v) is 8.59. The van der Waals surface area contributed by atoms with Gasteiger partial charge in [-0.1, -0.05) is 55.5 Å². The second-order valence-electron chi connectivity index (χ2n) is 5.34. The maximum atomic E-state index is 10.3. The van der Waals surface area contributed by atoms with Gasteiger partial charge in [-0.2, -0.15) is 0 Å². The van der Waals surface area contributed by atoms with Crippen LogP contribution in [0.1, 0.15) is 71.1 Å². The molecule has 22 heavy (non-hydrogen) atoms. The van der Waals surface area contributed by atoms with Crippen molar-refractivity contribution >= 4 is 5.97 Å². The predicted molar refractivity (Wildman–Crippen MR) is 96.0 cm³/mol. The molecule has 0 heterocycles. The Bertz CT molecular complexity index is 362. The summed E-state index contributed by atoms with van der Waals surface area (Å²) in [5.41, 5.74) is 0. The molecule has 0 aromatic rings. The maximum absolute atomic E-state index is 10.3. The van der Waals surface area contributed by atoms with Crippen LogP contribution in [0.25, 0.3) is 0 Å². The van der Waals surface area contributed by atoms with Gasteiger partial charge in [0.2, 0.25) is 0 Å². The Balaban J connectivity index is 3.32. The van der Waals surface area contributed by atoms with Crippen LogP contribution in [0.5, 0.6) is 0 Å². The molecule has 0 bridgehead atoms. The summed E-state index contributed by atoms with van der Waals surface area (Å²) in [6, 6.07) is 0. The van der Waals surface area contributed by atoms with Crippen LogP contribution in [-0.4, -0.2) is 11.1 Å². The summed E-state index contributed by atoms with van der Waals surface area (Å²) >= 11 is 0. The third-order valence-electron chi connectivity index (χ3n) is 3.20. The third-order valence-corrected chi connectivity index (χ3v) is 3.20. The summed E-state index contributed by atoms with van der Waals surface area (Å²) in [4.78, 5) is 10.3. The van der Waals surface area contributed by atoms with E-state index in [4.69, 9.17) is 5.11 Å². The monoisotopic (exact) mass is 304 g/mol. The molecule has 0 aromatic carbocycles. The van der Waals surface area contributed by atoms with Crippen LogP contribution in [0, 0.1) is 0 Å². The van der Waals surface area contributed by atoms with E-state index in [2.05, 4.69) is 55.5 Å². The summed E-state index contributed by atoms with van der Waals surface area (Å²) in [6.45, 7) is 2.16. The molecule has 0 unspecified atom stereocenters. The largest absolute Gasteiger partial charge is 0.481 e. The van der Waals surface area contributed by atoms with Gasteiger partial charge in [0.1, 0.15) is 0 Å². The van der Waals surface area contributed by atoms with Crippen LogP contribution in [0.2, 0.25) is 0 Å². The van der Waals surface area contributed by atoms with Crippen LogP contribution in [-0.2, 0) is 4.79 Å². The standard InChI is InChI=1S/C20H32O2/c1-2-3-4-5-6-7-8-9-10-11-12-13-14-15-16-17-18-19-20(21)22/h3-4,6-7,12-13,15-16H,2,5,8-11,14,17-19H2,1H3,(H,21,22)/b4-3-,7-6-,13-12-,16-15-. The molecule has 0 radical (unpaired) electrons.